The number of aromatic nitrogens is 1. The Morgan fingerprint density at radius 3 is 2.83 bits per heavy atom. The molecule has 2 aromatic rings. The minimum Gasteiger partial charge on any atom is -0.495 e. The molecule has 1 aromatic carbocycles. The number of methoxy groups -OCH3 is 1. The van der Waals surface area contributed by atoms with Gasteiger partial charge in [0, 0.05) is 10.4 Å². The molecule has 1 aromatic heterocycles. The molecule has 0 amide bonds. The second kappa shape index (κ2) is 4.61. The molecule has 0 saturated carbocycles. The van der Waals surface area contributed by atoms with Gasteiger partial charge in [0.25, 0.3) is 0 Å². The molecule has 0 unspecified atom stereocenters. The van der Waals surface area contributed by atoms with E-state index in [9.17, 15) is 0 Å². The van der Waals surface area contributed by atoms with Crippen LogP contribution >= 0.6 is 11.3 Å². The van der Waals surface area contributed by atoms with E-state index in [1.165, 1.54) is 29.8 Å². The highest BCUT2D eigenvalue weighted by Gasteiger charge is 2.16. The highest BCUT2D eigenvalue weighted by Crippen LogP contribution is 2.35. The van der Waals surface area contributed by atoms with Crippen molar-refractivity contribution in [2.24, 2.45) is 0 Å². The third-order valence-corrected chi connectivity index (χ3v) is 4.53. The number of benzene rings is 1. The van der Waals surface area contributed by atoms with E-state index in [0.717, 1.165) is 22.7 Å². The number of hydrogen-bond donors (Lipinski definition) is 1. The van der Waals surface area contributed by atoms with Gasteiger partial charge in [0.15, 0.2) is 0 Å². The van der Waals surface area contributed by atoms with Gasteiger partial charge in [-0.3, -0.25) is 0 Å². The van der Waals surface area contributed by atoms with Crippen LogP contribution in [0, 0.1) is 0 Å². The quantitative estimate of drug-likeness (QED) is 0.843. The lowest BCUT2D eigenvalue weighted by Crippen LogP contribution is -1.98. The third-order valence-electron chi connectivity index (χ3n) is 3.32. The number of rotatable bonds is 2. The Hall–Kier alpha value is -1.55. The number of nitrogens with zero attached hydrogens (tertiary/aromatic N) is 1. The molecule has 3 nitrogen and oxygen atoms in total. The molecule has 0 saturated heterocycles. The van der Waals surface area contributed by atoms with Crippen LogP contribution in [0.3, 0.4) is 0 Å². The number of thiazole rings is 1. The van der Waals surface area contributed by atoms with Gasteiger partial charge in [0.05, 0.1) is 18.5 Å². The summed E-state index contributed by atoms with van der Waals surface area (Å²) in [7, 11) is 1.63. The Morgan fingerprint density at radius 2 is 2.11 bits per heavy atom. The van der Waals surface area contributed by atoms with Crippen LogP contribution in [0.2, 0.25) is 0 Å². The van der Waals surface area contributed by atoms with Crippen molar-refractivity contribution in [2.45, 2.75) is 25.7 Å². The maximum Gasteiger partial charge on any atom is 0.141 e. The van der Waals surface area contributed by atoms with Gasteiger partial charge in [0.2, 0.25) is 0 Å². The molecule has 1 heterocycles. The lowest BCUT2D eigenvalue weighted by atomic mass is 10.0. The lowest BCUT2D eigenvalue weighted by molar-refractivity contribution is 0.417. The van der Waals surface area contributed by atoms with E-state index in [0.29, 0.717) is 5.69 Å². The summed E-state index contributed by atoms with van der Waals surface area (Å²) in [6, 6.07) is 5.88. The van der Waals surface area contributed by atoms with Crippen molar-refractivity contribution < 1.29 is 4.74 Å². The SMILES string of the molecule is COc1ccc(-c2nc3c(s2)CCCC3)cc1N. The predicted octanol–water partition coefficient (Wildman–Crippen LogP) is 3.28. The number of fused-ring (bicyclic) bond motifs is 1. The van der Waals surface area contributed by atoms with Gasteiger partial charge in [-0.1, -0.05) is 0 Å². The monoisotopic (exact) mass is 260 g/mol. The first-order chi connectivity index (χ1) is 8.78. The molecule has 3 rings (SSSR count). The van der Waals surface area contributed by atoms with E-state index in [-0.39, 0.29) is 0 Å². The Kier molecular flexibility index (Phi) is 2.96. The van der Waals surface area contributed by atoms with Gasteiger partial charge < -0.3 is 10.5 Å². The molecule has 94 valence electrons. The van der Waals surface area contributed by atoms with E-state index in [4.69, 9.17) is 15.5 Å². The van der Waals surface area contributed by atoms with E-state index in [2.05, 4.69) is 0 Å². The summed E-state index contributed by atoms with van der Waals surface area (Å²) in [5, 5.41) is 1.08. The van der Waals surface area contributed by atoms with Crippen LogP contribution in [-0.4, -0.2) is 12.1 Å². The number of nitrogens with two attached hydrogens (primary N) is 1. The largest absolute Gasteiger partial charge is 0.495 e. The van der Waals surface area contributed by atoms with Gasteiger partial charge >= 0.3 is 0 Å². The predicted molar refractivity (Wildman–Crippen MR) is 75.2 cm³/mol. The van der Waals surface area contributed by atoms with Gasteiger partial charge in [-0.2, -0.15) is 0 Å². The first-order valence-corrected chi connectivity index (χ1v) is 7.02. The highest BCUT2D eigenvalue weighted by atomic mass is 32.1. The van der Waals surface area contributed by atoms with Crippen LogP contribution in [0.1, 0.15) is 23.4 Å². The summed E-state index contributed by atoms with van der Waals surface area (Å²) >= 11 is 1.80. The normalized spacial score (nSPS) is 14.3. The van der Waals surface area contributed by atoms with Crippen LogP contribution in [0.25, 0.3) is 10.6 Å². The summed E-state index contributed by atoms with van der Waals surface area (Å²) in [5.41, 5.74) is 8.99. The average molecular weight is 260 g/mol. The Balaban J connectivity index is 1.99. The molecule has 1 aliphatic carbocycles. The fourth-order valence-corrected chi connectivity index (χ4v) is 3.49. The van der Waals surface area contributed by atoms with Crippen molar-refractivity contribution in [1.82, 2.24) is 4.98 Å². The van der Waals surface area contributed by atoms with Gasteiger partial charge in [0.1, 0.15) is 10.8 Å². The minimum atomic E-state index is 0.670. The van der Waals surface area contributed by atoms with E-state index < -0.39 is 0 Å². The van der Waals surface area contributed by atoms with E-state index in [1.54, 1.807) is 18.4 Å². The molecule has 4 heteroatoms. The topological polar surface area (TPSA) is 48.1 Å². The molecule has 0 spiro atoms. The summed E-state index contributed by atoms with van der Waals surface area (Å²) in [6.45, 7) is 0. The molecule has 18 heavy (non-hydrogen) atoms. The Labute approximate surface area is 111 Å². The number of anilines is 1. The van der Waals surface area contributed by atoms with Gasteiger partial charge in [-0.25, -0.2) is 4.98 Å². The van der Waals surface area contributed by atoms with E-state index >= 15 is 0 Å². The molecular weight excluding hydrogens is 244 g/mol. The molecule has 0 aliphatic heterocycles. The van der Waals surface area contributed by atoms with Crippen LogP contribution in [0.15, 0.2) is 18.2 Å². The van der Waals surface area contributed by atoms with Crippen LogP contribution in [0.4, 0.5) is 5.69 Å². The second-order valence-electron chi connectivity index (χ2n) is 4.55. The highest BCUT2D eigenvalue weighted by molar-refractivity contribution is 7.15. The van der Waals surface area contributed by atoms with Crippen molar-refractivity contribution in [3.05, 3.63) is 28.8 Å². The third kappa shape index (κ3) is 1.97. The number of aryl methyl sites for hydroxylation is 2. The van der Waals surface area contributed by atoms with Gasteiger partial charge in [-0.15, -0.1) is 11.3 Å². The zero-order valence-electron chi connectivity index (χ0n) is 10.4. The fourth-order valence-electron chi connectivity index (χ4n) is 2.34. The second-order valence-corrected chi connectivity index (χ2v) is 5.64. The molecule has 1 aliphatic rings. The van der Waals surface area contributed by atoms with Gasteiger partial charge in [-0.05, 0) is 43.9 Å². The fraction of sp³-hybridized carbons (Fsp3) is 0.357. The zero-order valence-corrected chi connectivity index (χ0v) is 11.2. The molecular formula is C14H16N2OS. The number of nitrogen functional groups attached to an aromatic ring is 1. The summed E-state index contributed by atoms with van der Waals surface area (Å²) in [5.74, 6) is 0.722. The van der Waals surface area contributed by atoms with Crippen molar-refractivity contribution in [1.29, 1.82) is 0 Å². The standard InChI is InChI=1S/C14H16N2OS/c1-17-12-7-6-9(8-10(12)15)14-16-11-4-2-3-5-13(11)18-14/h6-8H,2-5,15H2,1H3. The Morgan fingerprint density at radius 1 is 1.28 bits per heavy atom. The Bertz CT molecular complexity index is 554. The van der Waals surface area contributed by atoms with Crippen LogP contribution < -0.4 is 10.5 Å². The minimum absolute atomic E-state index is 0.670. The molecule has 2 N–H and O–H groups in total. The van der Waals surface area contributed by atoms with Crippen molar-refractivity contribution in [2.75, 3.05) is 12.8 Å². The summed E-state index contributed by atoms with van der Waals surface area (Å²) in [4.78, 5) is 6.19. The first kappa shape index (κ1) is 11.5. The van der Waals surface area contributed by atoms with Crippen molar-refractivity contribution >= 4 is 17.0 Å². The smallest absolute Gasteiger partial charge is 0.141 e. The molecule has 0 fully saturated rings. The van der Waals surface area contributed by atoms with Crippen LogP contribution in [0.5, 0.6) is 5.75 Å². The van der Waals surface area contributed by atoms with E-state index in [1.807, 2.05) is 18.2 Å². The molecule has 0 radical (unpaired) electrons. The summed E-state index contributed by atoms with van der Waals surface area (Å²) in [6.07, 6.45) is 4.86. The maximum absolute atomic E-state index is 5.94. The molecule has 0 atom stereocenters. The number of hydrogen-bond acceptors (Lipinski definition) is 4. The summed E-state index contributed by atoms with van der Waals surface area (Å²) < 4.78 is 5.18. The van der Waals surface area contributed by atoms with Crippen LogP contribution in [-0.2, 0) is 12.8 Å². The number of ether oxygens (including phenoxy) is 1. The van der Waals surface area contributed by atoms with Crippen molar-refractivity contribution in [3.63, 3.8) is 0 Å². The van der Waals surface area contributed by atoms with Crippen molar-refractivity contribution in [3.8, 4) is 16.3 Å². The lowest BCUT2D eigenvalue weighted by Gasteiger charge is -2.06. The average Bonchev–Trinajstić information content (AvgIpc) is 2.82. The first-order valence-electron chi connectivity index (χ1n) is 6.20. The zero-order chi connectivity index (χ0) is 12.5. The molecule has 0 bridgehead atoms. The maximum atomic E-state index is 5.94.